The fraction of sp³-hybridized carbons (Fsp3) is 0.643. The number of aromatic nitrogens is 4. The van der Waals surface area contributed by atoms with Crippen LogP contribution in [0.2, 0.25) is 0 Å². The number of nitrogens with one attached hydrogen (secondary N) is 1. The van der Waals surface area contributed by atoms with E-state index in [1.165, 1.54) is 0 Å². The van der Waals surface area contributed by atoms with Gasteiger partial charge in [0.1, 0.15) is 11.8 Å². The molecule has 3 heterocycles. The molecule has 7 heteroatoms. The second-order valence-corrected chi connectivity index (χ2v) is 5.57. The second kappa shape index (κ2) is 6.36. The maximum Gasteiger partial charge on any atom is 0.182 e. The summed E-state index contributed by atoms with van der Waals surface area (Å²) in [7, 11) is 2.15. The predicted molar refractivity (Wildman–Crippen MR) is 81.3 cm³/mol. The Kier molecular flexibility index (Phi) is 4.31. The quantitative estimate of drug-likeness (QED) is 0.841. The number of anilines is 1. The lowest BCUT2D eigenvalue weighted by Gasteiger charge is -2.37. The molecule has 21 heavy (non-hydrogen) atoms. The number of H-pyrrole nitrogens is 1. The Hall–Kier alpha value is -1.73. The molecule has 2 N–H and O–H groups in total. The first-order chi connectivity index (χ1) is 10.3. The molecule has 1 fully saturated rings. The van der Waals surface area contributed by atoms with E-state index in [-0.39, 0.29) is 6.61 Å². The van der Waals surface area contributed by atoms with Crippen molar-refractivity contribution in [2.24, 2.45) is 0 Å². The van der Waals surface area contributed by atoms with Gasteiger partial charge >= 0.3 is 0 Å². The van der Waals surface area contributed by atoms with Gasteiger partial charge in [-0.2, -0.15) is 0 Å². The van der Waals surface area contributed by atoms with Crippen LogP contribution in [-0.2, 0) is 0 Å². The van der Waals surface area contributed by atoms with Crippen molar-refractivity contribution in [1.29, 1.82) is 0 Å². The Labute approximate surface area is 124 Å². The third kappa shape index (κ3) is 2.98. The van der Waals surface area contributed by atoms with Crippen LogP contribution in [0, 0.1) is 0 Å². The smallest absolute Gasteiger partial charge is 0.182 e. The van der Waals surface area contributed by atoms with Crippen molar-refractivity contribution < 1.29 is 5.11 Å². The molecule has 0 radical (unpaired) electrons. The van der Waals surface area contributed by atoms with Crippen LogP contribution in [0.5, 0.6) is 0 Å². The van der Waals surface area contributed by atoms with Gasteiger partial charge in [-0.3, -0.25) is 0 Å². The zero-order valence-electron chi connectivity index (χ0n) is 12.4. The topological polar surface area (TPSA) is 81.2 Å². The van der Waals surface area contributed by atoms with Crippen molar-refractivity contribution in [1.82, 2.24) is 24.8 Å². The van der Waals surface area contributed by atoms with Gasteiger partial charge in [0.15, 0.2) is 11.5 Å². The van der Waals surface area contributed by atoms with Crippen LogP contribution in [-0.4, -0.2) is 69.3 Å². The summed E-state index contributed by atoms with van der Waals surface area (Å²) in [5, 5.41) is 8.93. The lowest BCUT2D eigenvalue weighted by atomic mass is 10.0. The largest absolute Gasteiger partial charge is 0.396 e. The molecule has 7 nitrogen and oxygen atoms in total. The molecule has 0 aromatic carbocycles. The van der Waals surface area contributed by atoms with Gasteiger partial charge in [0.25, 0.3) is 0 Å². The van der Waals surface area contributed by atoms with Crippen molar-refractivity contribution in [3.63, 3.8) is 0 Å². The molecule has 0 amide bonds. The van der Waals surface area contributed by atoms with Crippen LogP contribution in [0.4, 0.5) is 5.82 Å². The molecule has 2 aromatic rings. The summed E-state index contributed by atoms with van der Waals surface area (Å²) in [6.45, 7) is 3.19. The summed E-state index contributed by atoms with van der Waals surface area (Å²) in [6.07, 6.45) is 6.32. The van der Waals surface area contributed by atoms with E-state index >= 15 is 0 Å². The van der Waals surface area contributed by atoms with E-state index in [9.17, 15) is 0 Å². The van der Waals surface area contributed by atoms with Crippen LogP contribution in [0.15, 0.2) is 12.7 Å². The molecule has 0 unspecified atom stereocenters. The van der Waals surface area contributed by atoms with Gasteiger partial charge in [-0.25, -0.2) is 15.0 Å². The Morgan fingerprint density at radius 3 is 2.90 bits per heavy atom. The first-order valence-electron chi connectivity index (χ1n) is 7.49. The maximum absolute atomic E-state index is 8.93. The molecule has 0 saturated carbocycles. The maximum atomic E-state index is 8.93. The predicted octanol–water partition coefficient (Wildman–Crippen LogP) is 0.636. The number of aliphatic hydroxyl groups is 1. The number of imidazole rings is 1. The molecule has 114 valence electrons. The van der Waals surface area contributed by atoms with Gasteiger partial charge in [-0.05, 0) is 26.3 Å². The van der Waals surface area contributed by atoms with Crippen LogP contribution < -0.4 is 4.90 Å². The van der Waals surface area contributed by atoms with Crippen LogP contribution in [0.1, 0.15) is 19.3 Å². The van der Waals surface area contributed by atoms with Crippen molar-refractivity contribution in [2.75, 3.05) is 38.2 Å². The van der Waals surface area contributed by atoms with Gasteiger partial charge in [-0.1, -0.05) is 0 Å². The van der Waals surface area contributed by atoms with Gasteiger partial charge in [0, 0.05) is 32.3 Å². The second-order valence-electron chi connectivity index (χ2n) is 5.57. The minimum absolute atomic E-state index is 0.266. The van der Waals surface area contributed by atoms with E-state index in [4.69, 9.17) is 5.11 Å². The number of fused-ring (bicyclic) bond motifs is 1. The zero-order chi connectivity index (χ0) is 14.7. The highest BCUT2D eigenvalue weighted by Crippen LogP contribution is 2.24. The van der Waals surface area contributed by atoms with Gasteiger partial charge < -0.3 is 19.9 Å². The molecular weight excluding hydrogens is 268 g/mol. The number of hydrogen-bond donors (Lipinski definition) is 2. The van der Waals surface area contributed by atoms with E-state index in [1.807, 2.05) is 0 Å². The Balaban J connectivity index is 1.64. The van der Waals surface area contributed by atoms with E-state index in [0.717, 1.165) is 55.9 Å². The third-order valence-electron chi connectivity index (χ3n) is 4.26. The van der Waals surface area contributed by atoms with Gasteiger partial charge in [0.2, 0.25) is 0 Å². The third-order valence-corrected chi connectivity index (χ3v) is 4.26. The number of rotatable bonds is 5. The van der Waals surface area contributed by atoms with Crippen molar-refractivity contribution in [3.05, 3.63) is 12.7 Å². The Bertz CT molecular complexity index is 578. The number of aromatic amines is 1. The lowest BCUT2D eigenvalue weighted by molar-refractivity contribution is 0.184. The average molecular weight is 290 g/mol. The normalized spacial score (nSPS) is 17.0. The number of nitrogens with zero attached hydrogens (tertiary/aromatic N) is 5. The summed E-state index contributed by atoms with van der Waals surface area (Å²) >= 11 is 0. The first kappa shape index (κ1) is 14.2. The minimum atomic E-state index is 0.266. The van der Waals surface area contributed by atoms with E-state index in [2.05, 4.69) is 36.8 Å². The van der Waals surface area contributed by atoms with Gasteiger partial charge in [0.05, 0.1) is 6.33 Å². The summed E-state index contributed by atoms with van der Waals surface area (Å²) < 4.78 is 0. The standard InChI is InChI=1S/C14H22N6O/c1-19(5-2-8-21)11-3-6-20(7-4-11)14-12-13(16-9-15-12)17-10-18-14/h9-11,21H,2-8H2,1H3,(H,15,16,17,18). The highest BCUT2D eigenvalue weighted by atomic mass is 16.3. The number of hydrogen-bond acceptors (Lipinski definition) is 6. The summed E-state index contributed by atoms with van der Waals surface area (Å²) in [5.41, 5.74) is 1.65. The highest BCUT2D eigenvalue weighted by Gasteiger charge is 2.24. The Morgan fingerprint density at radius 2 is 2.14 bits per heavy atom. The minimum Gasteiger partial charge on any atom is -0.396 e. The van der Waals surface area contributed by atoms with Crippen LogP contribution in [0.25, 0.3) is 11.2 Å². The van der Waals surface area contributed by atoms with Crippen LogP contribution in [0.3, 0.4) is 0 Å². The molecule has 0 aliphatic carbocycles. The molecule has 1 aliphatic heterocycles. The summed E-state index contributed by atoms with van der Waals surface area (Å²) in [6, 6.07) is 0.590. The molecule has 0 bridgehead atoms. The molecule has 1 saturated heterocycles. The van der Waals surface area contributed by atoms with Crippen molar-refractivity contribution >= 4 is 17.0 Å². The van der Waals surface area contributed by atoms with E-state index in [1.54, 1.807) is 12.7 Å². The molecule has 3 rings (SSSR count). The number of piperidine rings is 1. The monoisotopic (exact) mass is 290 g/mol. The highest BCUT2D eigenvalue weighted by molar-refractivity contribution is 5.82. The first-order valence-corrected chi connectivity index (χ1v) is 7.49. The fourth-order valence-electron chi connectivity index (χ4n) is 3.01. The van der Waals surface area contributed by atoms with Crippen molar-refractivity contribution in [2.45, 2.75) is 25.3 Å². The Morgan fingerprint density at radius 1 is 1.33 bits per heavy atom. The van der Waals surface area contributed by atoms with E-state index < -0.39 is 0 Å². The van der Waals surface area contributed by atoms with Crippen molar-refractivity contribution in [3.8, 4) is 0 Å². The lowest BCUT2D eigenvalue weighted by Crippen LogP contribution is -2.44. The molecule has 0 atom stereocenters. The zero-order valence-corrected chi connectivity index (χ0v) is 12.4. The fourth-order valence-corrected chi connectivity index (χ4v) is 3.01. The number of aliphatic hydroxyl groups excluding tert-OH is 1. The molecule has 1 aliphatic rings. The van der Waals surface area contributed by atoms with Gasteiger partial charge in [-0.15, -0.1) is 0 Å². The molecule has 0 spiro atoms. The molecule has 2 aromatic heterocycles. The summed E-state index contributed by atoms with van der Waals surface area (Å²) in [4.78, 5) is 20.6. The average Bonchev–Trinajstić information content (AvgIpc) is 3.01. The summed E-state index contributed by atoms with van der Waals surface area (Å²) in [5.74, 6) is 0.953. The SMILES string of the molecule is CN(CCCO)C1CCN(c2ncnc3nc[nH]c23)CC1. The van der Waals surface area contributed by atoms with E-state index in [0.29, 0.717) is 6.04 Å². The van der Waals surface area contributed by atoms with Crippen LogP contribution >= 0.6 is 0 Å². The molecular formula is C14H22N6O.